The van der Waals surface area contributed by atoms with Crippen LogP contribution in [0.4, 0.5) is 5.82 Å². The number of nitrogens with zero attached hydrogens (tertiary/aromatic N) is 4. The third kappa shape index (κ3) is 2.08. The average molecular weight is 229 g/mol. The molecule has 0 spiro atoms. The second-order valence-electron chi connectivity index (χ2n) is 2.71. The van der Waals surface area contributed by atoms with E-state index in [1.54, 1.807) is 4.90 Å². The molecule has 74 valence electrons. The highest BCUT2D eigenvalue weighted by atomic mass is 35.5. The number of halogens is 1. The number of hydrogen-bond acceptors (Lipinski definition) is 5. The van der Waals surface area contributed by atoms with Gasteiger partial charge in [-0.1, -0.05) is 23.4 Å². The van der Waals surface area contributed by atoms with Crippen LogP contribution in [0, 0.1) is 11.3 Å². The number of nitriles is 1. The van der Waals surface area contributed by atoms with E-state index in [2.05, 4.69) is 9.97 Å². The number of hydrogen-bond donors (Lipinski definition) is 0. The molecule has 1 aromatic heterocycles. The van der Waals surface area contributed by atoms with E-state index >= 15 is 0 Å². The molecule has 0 unspecified atom stereocenters. The average Bonchev–Trinajstić information content (AvgIpc) is 2.16. The van der Waals surface area contributed by atoms with Gasteiger partial charge in [0.05, 0.1) is 0 Å². The van der Waals surface area contributed by atoms with Crippen LogP contribution in [-0.2, 0) is 0 Å². The number of rotatable bonds is 2. The van der Waals surface area contributed by atoms with E-state index in [1.807, 2.05) is 26.4 Å². The monoisotopic (exact) mass is 228 g/mol. The summed E-state index contributed by atoms with van der Waals surface area (Å²) < 4.78 is 0. The maximum Gasteiger partial charge on any atom is 0.190 e. The maximum absolute atomic E-state index is 8.86. The van der Waals surface area contributed by atoms with E-state index in [1.165, 1.54) is 11.8 Å². The van der Waals surface area contributed by atoms with E-state index in [0.717, 1.165) is 0 Å². The van der Waals surface area contributed by atoms with Gasteiger partial charge in [0.25, 0.3) is 0 Å². The molecule has 1 heterocycles. The summed E-state index contributed by atoms with van der Waals surface area (Å²) in [6, 6.07) is 1.99. The Hall–Kier alpha value is -0.990. The second-order valence-corrected chi connectivity index (χ2v) is 3.84. The van der Waals surface area contributed by atoms with Crippen molar-refractivity contribution in [2.75, 3.05) is 25.3 Å². The first-order chi connectivity index (χ1) is 6.60. The Kier molecular flexibility index (Phi) is 3.55. The molecule has 0 aliphatic carbocycles. The third-order valence-corrected chi connectivity index (χ3v) is 2.36. The summed E-state index contributed by atoms with van der Waals surface area (Å²) in [5, 5.41) is 9.64. The van der Waals surface area contributed by atoms with Crippen LogP contribution < -0.4 is 4.90 Å². The topological polar surface area (TPSA) is 52.8 Å². The Bertz CT molecular complexity index is 386. The van der Waals surface area contributed by atoms with Crippen LogP contribution in [0.25, 0.3) is 0 Å². The zero-order valence-electron chi connectivity index (χ0n) is 8.08. The van der Waals surface area contributed by atoms with Gasteiger partial charge in [-0.15, -0.1) is 0 Å². The molecule has 0 atom stereocenters. The van der Waals surface area contributed by atoms with E-state index in [9.17, 15) is 0 Å². The molecule has 1 aromatic rings. The van der Waals surface area contributed by atoms with Gasteiger partial charge in [-0.25, -0.2) is 9.97 Å². The fraction of sp³-hybridized carbons (Fsp3) is 0.375. The standard InChI is InChI=1S/C8H9ClN4S/c1-13(2)7-5(4-10)6(9)11-8(12-7)14-3/h1-3H3. The summed E-state index contributed by atoms with van der Waals surface area (Å²) >= 11 is 7.23. The van der Waals surface area contributed by atoms with Crippen LogP contribution >= 0.6 is 23.4 Å². The van der Waals surface area contributed by atoms with Crippen molar-refractivity contribution in [1.82, 2.24) is 9.97 Å². The minimum absolute atomic E-state index is 0.204. The summed E-state index contributed by atoms with van der Waals surface area (Å²) in [5.41, 5.74) is 0.314. The Morgan fingerprint density at radius 2 is 2.07 bits per heavy atom. The van der Waals surface area contributed by atoms with Gasteiger partial charge in [-0.05, 0) is 6.26 Å². The summed E-state index contributed by atoms with van der Waals surface area (Å²) in [7, 11) is 3.62. The van der Waals surface area contributed by atoms with E-state index in [-0.39, 0.29) is 5.15 Å². The lowest BCUT2D eigenvalue weighted by Gasteiger charge is -2.13. The Labute approximate surface area is 91.9 Å². The SMILES string of the molecule is CSc1nc(Cl)c(C#N)c(N(C)C)n1. The molecule has 6 heteroatoms. The largest absolute Gasteiger partial charge is 0.361 e. The number of aromatic nitrogens is 2. The summed E-state index contributed by atoms with van der Waals surface area (Å²) in [6.45, 7) is 0. The molecule has 1 rings (SSSR count). The van der Waals surface area contributed by atoms with Crippen LogP contribution in [-0.4, -0.2) is 30.3 Å². The van der Waals surface area contributed by atoms with Crippen LogP contribution in [0.1, 0.15) is 5.56 Å². The molecule has 4 nitrogen and oxygen atoms in total. The van der Waals surface area contributed by atoms with E-state index in [0.29, 0.717) is 16.5 Å². The van der Waals surface area contributed by atoms with Crippen LogP contribution in [0.15, 0.2) is 5.16 Å². The Balaban J connectivity index is 3.37. The predicted molar refractivity (Wildman–Crippen MR) is 57.9 cm³/mol. The lowest BCUT2D eigenvalue weighted by atomic mass is 10.3. The normalized spacial score (nSPS) is 9.64. The molecule has 0 saturated carbocycles. The molecule has 0 saturated heterocycles. The minimum Gasteiger partial charge on any atom is -0.361 e. The predicted octanol–water partition coefficient (Wildman–Crippen LogP) is 1.79. The van der Waals surface area contributed by atoms with Gasteiger partial charge in [0.15, 0.2) is 16.1 Å². The molecule has 0 aromatic carbocycles. The van der Waals surface area contributed by atoms with Crippen molar-refractivity contribution in [3.8, 4) is 6.07 Å². The van der Waals surface area contributed by atoms with Crippen molar-refractivity contribution < 1.29 is 0 Å². The van der Waals surface area contributed by atoms with E-state index in [4.69, 9.17) is 16.9 Å². The molecule has 0 aliphatic rings. The van der Waals surface area contributed by atoms with E-state index < -0.39 is 0 Å². The first-order valence-corrected chi connectivity index (χ1v) is 5.39. The van der Waals surface area contributed by atoms with Crippen LogP contribution in [0.5, 0.6) is 0 Å². The quantitative estimate of drug-likeness (QED) is 0.439. The van der Waals surface area contributed by atoms with Gasteiger partial charge in [0.1, 0.15) is 11.6 Å². The van der Waals surface area contributed by atoms with Gasteiger partial charge in [0, 0.05) is 14.1 Å². The smallest absolute Gasteiger partial charge is 0.190 e. The lowest BCUT2D eigenvalue weighted by molar-refractivity contribution is 0.924. The summed E-state index contributed by atoms with van der Waals surface area (Å²) in [4.78, 5) is 9.91. The molecule has 0 amide bonds. The first-order valence-electron chi connectivity index (χ1n) is 3.79. The first kappa shape index (κ1) is 11.1. The zero-order valence-corrected chi connectivity index (χ0v) is 9.65. The van der Waals surface area contributed by atoms with Gasteiger partial charge in [-0.2, -0.15) is 5.26 Å². The van der Waals surface area contributed by atoms with Crippen molar-refractivity contribution in [2.45, 2.75) is 5.16 Å². The summed E-state index contributed by atoms with van der Waals surface area (Å²) in [5.74, 6) is 0.553. The van der Waals surface area contributed by atoms with Gasteiger partial charge >= 0.3 is 0 Å². The highest BCUT2D eigenvalue weighted by Crippen LogP contribution is 2.24. The van der Waals surface area contributed by atoms with Gasteiger partial charge < -0.3 is 4.90 Å². The molecule has 0 bridgehead atoms. The number of thioether (sulfide) groups is 1. The second kappa shape index (κ2) is 4.49. The highest BCUT2D eigenvalue weighted by Gasteiger charge is 2.13. The van der Waals surface area contributed by atoms with Crippen molar-refractivity contribution >= 4 is 29.2 Å². The van der Waals surface area contributed by atoms with Crippen molar-refractivity contribution in [2.24, 2.45) is 0 Å². The van der Waals surface area contributed by atoms with Gasteiger partial charge in [0.2, 0.25) is 0 Å². The number of anilines is 1. The molecule has 14 heavy (non-hydrogen) atoms. The highest BCUT2D eigenvalue weighted by molar-refractivity contribution is 7.98. The lowest BCUT2D eigenvalue weighted by Crippen LogP contribution is -2.14. The van der Waals surface area contributed by atoms with Gasteiger partial charge in [-0.3, -0.25) is 0 Å². The van der Waals surface area contributed by atoms with Crippen molar-refractivity contribution in [3.05, 3.63) is 10.7 Å². The summed E-state index contributed by atoms with van der Waals surface area (Å²) in [6.07, 6.45) is 1.86. The minimum atomic E-state index is 0.204. The Morgan fingerprint density at radius 1 is 1.43 bits per heavy atom. The van der Waals surface area contributed by atoms with Crippen LogP contribution in [0.3, 0.4) is 0 Å². The van der Waals surface area contributed by atoms with Crippen molar-refractivity contribution in [3.63, 3.8) is 0 Å². The van der Waals surface area contributed by atoms with Crippen LogP contribution in [0.2, 0.25) is 5.15 Å². The van der Waals surface area contributed by atoms with Crippen molar-refractivity contribution in [1.29, 1.82) is 5.26 Å². The molecule has 0 N–H and O–H groups in total. The molecule has 0 aliphatic heterocycles. The fourth-order valence-electron chi connectivity index (χ4n) is 0.915. The molecule has 0 fully saturated rings. The Morgan fingerprint density at radius 3 is 2.50 bits per heavy atom. The molecular formula is C8H9ClN4S. The maximum atomic E-state index is 8.86. The third-order valence-electron chi connectivity index (χ3n) is 1.54. The molecule has 0 radical (unpaired) electrons. The zero-order chi connectivity index (χ0) is 10.7. The molecular weight excluding hydrogens is 220 g/mol. The fourth-order valence-corrected chi connectivity index (χ4v) is 1.53.